The highest BCUT2D eigenvalue weighted by molar-refractivity contribution is 9.10. The lowest BCUT2D eigenvalue weighted by atomic mass is 10.0. The number of hydrogen-bond donors (Lipinski definition) is 1. The molecule has 0 bridgehead atoms. The molecule has 1 atom stereocenters. The molecule has 0 spiro atoms. The molecule has 5 heteroatoms. The van der Waals surface area contributed by atoms with E-state index in [-0.39, 0.29) is 0 Å². The minimum absolute atomic E-state index is 0.422. The molecule has 2 aromatic rings. The van der Waals surface area contributed by atoms with Crippen LogP contribution in [0.5, 0.6) is 5.75 Å². The molecule has 2 rings (SSSR count). The van der Waals surface area contributed by atoms with Crippen molar-refractivity contribution in [2.75, 3.05) is 6.61 Å². The van der Waals surface area contributed by atoms with Crippen LogP contribution < -0.4 is 4.74 Å². The summed E-state index contributed by atoms with van der Waals surface area (Å²) in [5, 5.41) is 11.3. The predicted molar refractivity (Wildman–Crippen MR) is 85.8 cm³/mol. The Morgan fingerprint density at radius 2 is 1.95 bits per heavy atom. The second-order valence-corrected chi connectivity index (χ2v) is 5.92. The quantitative estimate of drug-likeness (QED) is 0.792. The zero-order valence-electron chi connectivity index (χ0n) is 10.7. The first-order valence-corrected chi connectivity index (χ1v) is 7.63. The molecule has 0 aliphatic heterocycles. The highest BCUT2D eigenvalue weighted by Crippen LogP contribution is 2.36. The van der Waals surface area contributed by atoms with E-state index in [1.165, 1.54) is 0 Å². The van der Waals surface area contributed by atoms with Crippen LogP contribution in [0.3, 0.4) is 0 Å². The first kappa shape index (κ1) is 15.6. The molecule has 106 valence electrons. The lowest BCUT2D eigenvalue weighted by molar-refractivity contribution is 0.220. The van der Waals surface area contributed by atoms with E-state index in [0.29, 0.717) is 28.0 Å². The van der Waals surface area contributed by atoms with E-state index in [9.17, 15) is 5.11 Å². The summed E-state index contributed by atoms with van der Waals surface area (Å²) >= 11 is 15.7. The van der Waals surface area contributed by atoms with Crippen molar-refractivity contribution < 1.29 is 9.84 Å². The highest BCUT2D eigenvalue weighted by atomic mass is 79.9. The van der Waals surface area contributed by atoms with Gasteiger partial charge in [-0.1, -0.05) is 51.3 Å². The molecule has 2 nitrogen and oxygen atoms in total. The summed E-state index contributed by atoms with van der Waals surface area (Å²) in [5.41, 5.74) is 1.29. The summed E-state index contributed by atoms with van der Waals surface area (Å²) in [6, 6.07) is 10.7. The number of benzene rings is 2. The zero-order valence-corrected chi connectivity index (χ0v) is 13.8. The Kier molecular flexibility index (Phi) is 5.33. The van der Waals surface area contributed by atoms with Crippen molar-refractivity contribution in [1.82, 2.24) is 0 Å². The van der Waals surface area contributed by atoms with Gasteiger partial charge in [0.05, 0.1) is 16.7 Å². The Bertz CT molecular complexity index is 617. The Morgan fingerprint density at radius 3 is 2.60 bits per heavy atom. The fourth-order valence-corrected chi connectivity index (χ4v) is 2.78. The second-order valence-electron chi connectivity index (χ2n) is 4.19. The van der Waals surface area contributed by atoms with Gasteiger partial charge in [0.25, 0.3) is 0 Å². The Hall–Kier alpha value is -0.740. The standard InChI is InChI=1S/C15H13BrCl2O2/c1-2-20-14-8-12(17)11(7-13(14)18)15(19)9-4-3-5-10(16)6-9/h3-8,15,19H,2H2,1H3. The van der Waals surface area contributed by atoms with Gasteiger partial charge in [-0.25, -0.2) is 0 Å². The van der Waals surface area contributed by atoms with E-state index in [2.05, 4.69) is 15.9 Å². The van der Waals surface area contributed by atoms with Crippen LogP contribution in [0.25, 0.3) is 0 Å². The van der Waals surface area contributed by atoms with Crippen molar-refractivity contribution in [3.8, 4) is 5.75 Å². The molecule has 20 heavy (non-hydrogen) atoms. The van der Waals surface area contributed by atoms with Crippen LogP contribution in [0.4, 0.5) is 0 Å². The van der Waals surface area contributed by atoms with Gasteiger partial charge >= 0.3 is 0 Å². The topological polar surface area (TPSA) is 29.5 Å². The summed E-state index contributed by atoms with van der Waals surface area (Å²) in [6.07, 6.45) is -0.840. The normalized spacial score (nSPS) is 12.2. The van der Waals surface area contributed by atoms with Crippen molar-refractivity contribution >= 4 is 39.1 Å². The highest BCUT2D eigenvalue weighted by Gasteiger charge is 2.17. The molecule has 0 fully saturated rings. The fourth-order valence-electron chi connectivity index (χ4n) is 1.88. The molecule has 0 radical (unpaired) electrons. The van der Waals surface area contributed by atoms with Crippen molar-refractivity contribution in [3.05, 3.63) is 62.0 Å². The van der Waals surface area contributed by atoms with Gasteiger partial charge in [-0.05, 0) is 30.7 Å². The maximum absolute atomic E-state index is 10.4. The minimum atomic E-state index is -0.840. The average Bonchev–Trinajstić information content (AvgIpc) is 2.42. The van der Waals surface area contributed by atoms with Crippen LogP contribution in [0.15, 0.2) is 40.9 Å². The van der Waals surface area contributed by atoms with E-state index < -0.39 is 6.10 Å². The summed E-state index contributed by atoms with van der Waals surface area (Å²) in [6.45, 7) is 2.37. The van der Waals surface area contributed by atoms with Crippen molar-refractivity contribution in [2.45, 2.75) is 13.0 Å². The smallest absolute Gasteiger partial charge is 0.139 e. The van der Waals surface area contributed by atoms with Gasteiger partial charge in [0, 0.05) is 16.1 Å². The Labute approximate surface area is 136 Å². The van der Waals surface area contributed by atoms with Crippen molar-refractivity contribution in [2.24, 2.45) is 0 Å². The molecule has 2 aromatic carbocycles. The largest absolute Gasteiger partial charge is 0.492 e. The maximum atomic E-state index is 10.4. The number of halogens is 3. The van der Waals surface area contributed by atoms with E-state index in [4.69, 9.17) is 27.9 Å². The number of aliphatic hydroxyl groups excluding tert-OH is 1. The monoisotopic (exact) mass is 374 g/mol. The van der Waals surface area contributed by atoms with Crippen molar-refractivity contribution in [1.29, 1.82) is 0 Å². The second kappa shape index (κ2) is 6.81. The molecular formula is C15H13BrCl2O2. The molecule has 1 unspecified atom stereocenters. The zero-order chi connectivity index (χ0) is 14.7. The van der Waals surface area contributed by atoms with Crippen LogP contribution in [0.1, 0.15) is 24.2 Å². The third-order valence-electron chi connectivity index (χ3n) is 2.81. The molecule has 0 saturated carbocycles. The summed E-state index contributed by atoms with van der Waals surface area (Å²) in [4.78, 5) is 0. The van der Waals surface area contributed by atoms with Crippen LogP contribution in [0.2, 0.25) is 10.0 Å². The molecule has 0 aromatic heterocycles. The van der Waals surface area contributed by atoms with Gasteiger partial charge < -0.3 is 9.84 Å². The van der Waals surface area contributed by atoms with E-state index >= 15 is 0 Å². The van der Waals surface area contributed by atoms with Gasteiger partial charge in [-0.15, -0.1) is 0 Å². The molecular weight excluding hydrogens is 363 g/mol. The molecule has 0 amide bonds. The Morgan fingerprint density at radius 1 is 1.20 bits per heavy atom. The van der Waals surface area contributed by atoms with Gasteiger partial charge in [-0.2, -0.15) is 0 Å². The maximum Gasteiger partial charge on any atom is 0.139 e. The van der Waals surface area contributed by atoms with Gasteiger partial charge in [0.1, 0.15) is 11.9 Å². The first-order valence-electron chi connectivity index (χ1n) is 6.08. The van der Waals surface area contributed by atoms with Gasteiger partial charge in [0.2, 0.25) is 0 Å². The molecule has 1 N–H and O–H groups in total. The number of hydrogen-bond acceptors (Lipinski definition) is 2. The third-order valence-corrected chi connectivity index (χ3v) is 3.93. The number of rotatable bonds is 4. The fraction of sp³-hybridized carbons (Fsp3) is 0.200. The van der Waals surface area contributed by atoms with E-state index in [0.717, 1.165) is 10.0 Å². The molecule has 0 aliphatic carbocycles. The van der Waals surface area contributed by atoms with E-state index in [1.54, 1.807) is 12.1 Å². The van der Waals surface area contributed by atoms with Crippen LogP contribution in [-0.4, -0.2) is 11.7 Å². The van der Waals surface area contributed by atoms with Gasteiger partial charge in [0.15, 0.2) is 0 Å². The van der Waals surface area contributed by atoms with Gasteiger partial charge in [-0.3, -0.25) is 0 Å². The lowest BCUT2D eigenvalue weighted by Crippen LogP contribution is -2.02. The Balaban J connectivity index is 2.40. The lowest BCUT2D eigenvalue weighted by Gasteiger charge is -2.16. The summed E-state index contributed by atoms with van der Waals surface area (Å²) in [5.74, 6) is 0.518. The number of aliphatic hydroxyl groups is 1. The average molecular weight is 376 g/mol. The SMILES string of the molecule is CCOc1cc(Cl)c(C(O)c2cccc(Br)c2)cc1Cl. The molecule has 0 saturated heterocycles. The van der Waals surface area contributed by atoms with Crippen LogP contribution in [-0.2, 0) is 0 Å². The number of ether oxygens (including phenoxy) is 1. The van der Waals surface area contributed by atoms with Crippen LogP contribution >= 0.6 is 39.1 Å². The van der Waals surface area contributed by atoms with Crippen LogP contribution in [0, 0.1) is 0 Å². The first-order chi connectivity index (χ1) is 9.52. The molecule has 0 aliphatic rings. The summed E-state index contributed by atoms with van der Waals surface area (Å²) < 4.78 is 6.26. The summed E-state index contributed by atoms with van der Waals surface area (Å²) in [7, 11) is 0. The van der Waals surface area contributed by atoms with Crippen molar-refractivity contribution in [3.63, 3.8) is 0 Å². The predicted octanol–water partition coefficient (Wildman–Crippen LogP) is 5.24. The van der Waals surface area contributed by atoms with E-state index in [1.807, 2.05) is 31.2 Å². The minimum Gasteiger partial charge on any atom is -0.492 e. The third kappa shape index (κ3) is 3.47. The molecule has 0 heterocycles.